The molecule has 0 fully saturated rings. The fourth-order valence-electron chi connectivity index (χ4n) is 2.92. The molecule has 29 heavy (non-hydrogen) atoms. The predicted molar refractivity (Wildman–Crippen MR) is 97.3 cm³/mol. The molecule has 0 aromatic rings. The van der Waals surface area contributed by atoms with E-state index in [1.807, 2.05) is 0 Å². The number of rotatable bonds is 18. The van der Waals surface area contributed by atoms with Crippen molar-refractivity contribution < 1.29 is 88.8 Å². The number of aliphatic carboxylic acids is 2. The third-order valence-corrected chi connectivity index (χ3v) is 4.43. The number of amides is 1. The van der Waals surface area contributed by atoms with E-state index in [4.69, 9.17) is 5.11 Å². The molecule has 0 saturated carbocycles. The van der Waals surface area contributed by atoms with Crippen molar-refractivity contribution >= 4 is 17.8 Å². The molecule has 0 aliphatic carbocycles. The van der Waals surface area contributed by atoms with Gasteiger partial charge in [0.2, 0.25) is 5.91 Å². The van der Waals surface area contributed by atoms with Gasteiger partial charge in [-0.15, -0.1) is 0 Å². The summed E-state index contributed by atoms with van der Waals surface area (Å²) in [7, 11) is 0. The third kappa shape index (κ3) is 18.8. The van der Waals surface area contributed by atoms with Crippen LogP contribution in [0.1, 0.15) is 71.1 Å². The van der Waals surface area contributed by atoms with Gasteiger partial charge in [0, 0.05) is 26.1 Å². The van der Waals surface area contributed by atoms with Gasteiger partial charge in [0.05, 0.1) is 24.6 Å². The Bertz CT molecular complexity index is 427. The van der Waals surface area contributed by atoms with Gasteiger partial charge in [0.1, 0.15) is 0 Å². The second-order valence-electron chi connectivity index (χ2n) is 6.73. The average molecular weight is 432 g/mol. The number of nitrogens with zero attached hydrogens (tertiary/aromatic N) is 1. The minimum atomic E-state index is -1.95. The van der Waals surface area contributed by atoms with E-state index in [2.05, 4.69) is 12.2 Å². The number of aliphatic hydroxyl groups excluding tert-OH is 1. The average Bonchev–Trinajstić information content (AvgIpc) is 2.59. The Morgan fingerprint density at radius 2 is 1.34 bits per heavy atom. The second-order valence-corrected chi connectivity index (χ2v) is 6.73. The van der Waals surface area contributed by atoms with Gasteiger partial charge in [-0.1, -0.05) is 58.3 Å². The summed E-state index contributed by atoms with van der Waals surface area (Å²) in [6.45, 7) is 1.68. The van der Waals surface area contributed by atoms with E-state index >= 15 is 0 Å². The van der Waals surface area contributed by atoms with Gasteiger partial charge in [-0.25, -0.2) is 0 Å². The molecule has 1 amide bonds. The van der Waals surface area contributed by atoms with Crippen LogP contribution in [0.4, 0.5) is 0 Å². The van der Waals surface area contributed by atoms with Crippen molar-refractivity contribution in [3.63, 3.8) is 0 Å². The maximum atomic E-state index is 11.8. The summed E-state index contributed by atoms with van der Waals surface area (Å²) in [4.78, 5) is 34.6. The van der Waals surface area contributed by atoms with Crippen molar-refractivity contribution in [3.8, 4) is 0 Å². The van der Waals surface area contributed by atoms with Crippen LogP contribution in [-0.2, 0) is 14.4 Å². The number of carbonyl (C=O) groups is 3. The summed E-state index contributed by atoms with van der Waals surface area (Å²) >= 11 is 0. The van der Waals surface area contributed by atoms with Crippen LogP contribution in [0.2, 0.25) is 0 Å². The second kappa shape index (κ2) is 23.0. The molecule has 0 saturated heterocycles. The number of nitrogens with one attached hydrogen (secondary N) is 1. The molecule has 0 aromatic heterocycles. The van der Waals surface area contributed by atoms with E-state index in [0.717, 1.165) is 24.2 Å². The zero-order valence-electron chi connectivity index (χ0n) is 18.4. The van der Waals surface area contributed by atoms with Crippen LogP contribution in [0.5, 0.6) is 0 Å². The molecule has 0 atom stereocenters. The van der Waals surface area contributed by atoms with Gasteiger partial charge >= 0.3 is 59.1 Å². The molecule has 2 N–H and O–H groups in total. The Balaban J connectivity index is -0.00000338. The Morgan fingerprint density at radius 3 is 1.79 bits per heavy atom. The van der Waals surface area contributed by atoms with Crippen molar-refractivity contribution in [2.75, 3.05) is 26.2 Å². The molecule has 0 bridgehead atoms. The van der Waals surface area contributed by atoms with Gasteiger partial charge in [-0.2, -0.15) is 0 Å². The summed E-state index contributed by atoms with van der Waals surface area (Å²) in [5.74, 6) is -3.76. The van der Waals surface area contributed by atoms with Gasteiger partial charge < -0.3 is 30.2 Å². The normalized spacial score (nSPS) is 10.3. The van der Waals surface area contributed by atoms with Gasteiger partial charge in [0.15, 0.2) is 0 Å². The Kier molecular flexibility index (Phi) is 26.9. The van der Waals surface area contributed by atoms with Crippen LogP contribution in [-0.4, -0.2) is 60.1 Å². The molecule has 0 spiro atoms. The minimum Gasteiger partial charge on any atom is -0.548 e. The van der Waals surface area contributed by atoms with Crippen LogP contribution in [0.3, 0.4) is 0 Å². The smallest absolute Gasteiger partial charge is 0.548 e. The maximum absolute atomic E-state index is 11.8. The Hall–Kier alpha value is 0.330. The molecular weight excluding hydrogens is 398 g/mol. The van der Waals surface area contributed by atoms with Crippen LogP contribution in [0.15, 0.2) is 0 Å². The van der Waals surface area contributed by atoms with Crippen molar-refractivity contribution in [2.24, 2.45) is 0 Å². The molecule has 0 unspecified atom stereocenters. The molecule has 0 rings (SSSR count). The molecule has 158 valence electrons. The molecule has 0 aliphatic heterocycles. The maximum Gasteiger partial charge on any atom is 1.00 e. The summed E-state index contributed by atoms with van der Waals surface area (Å²) in [5, 5.41) is 33.4. The van der Waals surface area contributed by atoms with E-state index in [1.54, 1.807) is 0 Å². The molecule has 10 heteroatoms. The number of aliphatic hydroxyl groups is 1. The molecule has 0 heterocycles. The quantitative estimate of drug-likeness (QED) is 0.125. The standard InChI is InChI=1S/C19H36N2O6.2Na/c1-2-3-4-5-6-7-8-9-10-11-16(23)20-12-13-21(14-15-22)17(18(24)25)19(26)27;;/h17,22H,2-15H2,1H3,(H,20,23)(H,24,25)(H,26,27);;/q;2*+1/p-2. The van der Waals surface area contributed by atoms with Crippen LogP contribution < -0.4 is 74.6 Å². The minimum absolute atomic E-state index is 0. The van der Waals surface area contributed by atoms with E-state index < -0.39 is 24.6 Å². The number of carboxylic acids is 2. The van der Waals surface area contributed by atoms with Gasteiger partial charge in [-0.3, -0.25) is 9.69 Å². The summed E-state index contributed by atoms with van der Waals surface area (Å²) in [6, 6.07) is -1.95. The summed E-state index contributed by atoms with van der Waals surface area (Å²) in [6.07, 6.45) is 10.8. The van der Waals surface area contributed by atoms with E-state index in [1.165, 1.54) is 38.5 Å². The third-order valence-electron chi connectivity index (χ3n) is 4.43. The van der Waals surface area contributed by atoms with Crippen LogP contribution >= 0.6 is 0 Å². The van der Waals surface area contributed by atoms with Crippen LogP contribution in [0, 0.1) is 0 Å². The van der Waals surface area contributed by atoms with Crippen molar-refractivity contribution in [1.82, 2.24) is 10.2 Å². The molecule has 0 aliphatic rings. The fraction of sp³-hybridized carbons (Fsp3) is 0.842. The fourth-order valence-corrected chi connectivity index (χ4v) is 2.92. The number of carboxylic acid groups (broad SMARTS) is 2. The molecule has 0 radical (unpaired) electrons. The number of carbonyl (C=O) groups excluding carboxylic acids is 3. The zero-order valence-corrected chi connectivity index (χ0v) is 22.4. The first-order valence-corrected chi connectivity index (χ1v) is 9.97. The predicted octanol–water partition coefficient (Wildman–Crippen LogP) is -6.81. The topological polar surface area (TPSA) is 133 Å². The first kappa shape index (κ1) is 34.0. The van der Waals surface area contributed by atoms with E-state index in [-0.39, 0.29) is 84.7 Å². The van der Waals surface area contributed by atoms with E-state index in [9.17, 15) is 24.6 Å². The summed E-state index contributed by atoms with van der Waals surface area (Å²) in [5.41, 5.74) is 0. The first-order chi connectivity index (χ1) is 12.9. The summed E-state index contributed by atoms with van der Waals surface area (Å²) < 4.78 is 0. The molecule has 8 nitrogen and oxygen atoms in total. The largest absolute Gasteiger partial charge is 1.00 e. The van der Waals surface area contributed by atoms with Crippen LogP contribution in [0.25, 0.3) is 0 Å². The van der Waals surface area contributed by atoms with Gasteiger partial charge in [0.25, 0.3) is 0 Å². The number of hydrogen-bond acceptors (Lipinski definition) is 7. The van der Waals surface area contributed by atoms with Gasteiger partial charge in [-0.05, 0) is 6.42 Å². The Morgan fingerprint density at radius 1 is 0.862 bits per heavy atom. The van der Waals surface area contributed by atoms with Crippen molar-refractivity contribution in [1.29, 1.82) is 0 Å². The number of hydrogen-bond donors (Lipinski definition) is 2. The zero-order chi connectivity index (χ0) is 20.5. The van der Waals surface area contributed by atoms with E-state index in [0.29, 0.717) is 6.42 Å². The van der Waals surface area contributed by atoms with Crippen molar-refractivity contribution in [3.05, 3.63) is 0 Å². The SMILES string of the molecule is CCCCCCCCCCCC(=O)NCCN(CCO)C(C(=O)[O-])C(=O)[O-].[Na+].[Na+]. The monoisotopic (exact) mass is 432 g/mol. The molecule has 0 aromatic carbocycles. The number of unbranched alkanes of at least 4 members (excludes halogenated alkanes) is 8. The molecular formula is C19H34N2Na2O6. The Labute approximate surface area is 218 Å². The first-order valence-electron chi connectivity index (χ1n) is 9.97. The van der Waals surface area contributed by atoms with Crippen molar-refractivity contribution in [2.45, 2.75) is 77.2 Å².